The first-order valence-electron chi connectivity index (χ1n) is 8.98. The van der Waals surface area contributed by atoms with E-state index < -0.39 is 0 Å². The van der Waals surface area contributed by atoms with E-state index in [4.69, 9.17) is 0 Å². The first kappa shape index (κ1) is 17.4. The molecule has 0 N–H and O–H groups in total. The fourth-order valence-electron chi connectivity index (χ4n) is 3.00. The van der Waals surface area contributed by atoms with Gasteiger partial charge < -0.3 is 4.57 Å². The molecule has 2 aliphatic carbocycles. The van der Waals surface area contributed by atoms with Crippen LogP contribution in [-0.4, -0.2) is 14.8 Å². The lowest BCUT2D eigenvalue weighted by Gasteiger charge is -2.15. The second kappa shape index (κ2) is 6.83. The minimum Gasteiger partial charge on any atom is -0.304 e. The fraction of sp³-hybridized carbons (Fsp3) is 0.364. The molecule has 0 saturated carbocycles. The lowest BCUT2D eigenvalue weighted by molar-refractivity contribution is 0.585. The maximum Gasteiger partial charge on any atom is 0.164 e. The number of nitrogens with zero attached hydrogens (tertiary/aromatic N) is 3. The Morgan fingerprint density at radius 1 is 0.920 bits per heavy atom. The molecule has 1 atom stereocenters. The third kappa shape index (κ3) is 3.81. The first-order chi connectivity index (χ1) is 11.9. The molecule has 25 heavy (non-hydrogen) atoms. The molecule has 0 fully saturated rings. The van der Waals surface area contributed by atoms with Gasteiger partial charge in [-0.05, 0) is 19.8 Å². The maximum atomic E-state index is 4.54. The summed E-state index contributed by atoms with van der Waals surface area (Å²) in [5.74, 6) is 2.27. The van der Waals surface area contributed by atoms with E-state index in [-0.39, 0.29) is 11.5 Å². The summed E-state index contributed by atoms with van der Waals surface area (Å²) in [7, 11) is 0. The van der Waals surface area contributed by atoms with E-state index in [1.807, 2.05) is 0 Å². The molecule has 3 nitrogen and oxygen atoms in total. The molecule has 2 aliphatic rings. The van der Waals surface area contributed by atoms with E-state index in [1.54, 1.807) is 0 Å². The van der Waals surface area contributed by atoms with Crippen molar-refractivity contribution in [1.29, 1.82) is 0 Å². The summed E-state index contributed by atoms with van der Waals surface area (Å²) in [6.45, 7) is 10.9. The highest BCUT2D eigenvalue weighted by Crippen LogP contribution is 2.29. The van der Waals surface area contributed by atoms with Crippen molar-refractivity contribution < 1.29 is 0 Å². The first-order valence-corrected chi connectivity index (χ1v) is 8.98. The number of aromatic nitrogens is 3. The van der Waals surface area contributed by atoms with E-state index in [0.29, 0.717) is 5.92 Å². The summed E-state index contributed by atoms with van der Waals surface area (Å²) in [5.41, 5.74) is 2.25. The van der Waals surface area contributed by atoms with E-state index in [2.05, 4.69) is 110 Å². The van der Waals surface area contributed by atoms with Crippen LogP contribution in [0.2, 0.25) is 0 Å². The van der Waals surface area contributed by atoms with Crippen LogP contribution in [0.4, 0.5) is 0 Å². The lowest BCUT2D eigenvalue weighted by Crippen LogP contribution is -2.09. The molecule has 1 aromatic rings. The van der Waals surface area contributed by atoms with Crippen molar-refractivity contribution in [2.45, 2.75) is 40.7 Å². The molecule has 0 spiro atoms. The lowest BCUT2D eigenvalue weighted by atomic mass is 9.93. The third-order valence-corrected chi connectivity index (χ3v) is 4.49. The highest BCUT2D eigenvalue weighted by atomic mass is 15.3. The minimum absolute atomic E-state index is 0.0528. The average Bonchev–Trinajstić information content (AvgIpc) is 2.76. The van der Waals surface area contributed by atoms with Crippen molar-refractivity contribution in [3.05, 3.63) is 72.4 Å². The average molecular weight is 333 g/mol. The molecule has 130 valence electrons. The Balaban J connectivity index is 2.06. The van der Waals surface area contributed by atoms with Crippen LogP contribution in [0, 0.1) is 11.3 Å². The van der Waals surface area contributed by atoms with Crippen molar-refractivity contribution in [1.82, 2.24) is 14.8 Å². The largest absolute Gasteiger partial charge is 0.304 e. The topological polar surface area (TPSA) is 30.7 Å². The molecule has 0 bridgehead atoms. The number of hydrogen-bond acceptors (Lipinski definition) is 2. The van der Waals surface area contributed by atoms with Crippen LogP contribution in [-0.2, 0) is 0 Å². The number of rotatable bonds is 3. The van der Waals surface area contributed by atoms with Gasteiger partial charge in [-0.25, -0.2) is 0 Å². The predicted octanol–water partition coefficient (Wildman–Crippen LogP) is 5.54. The zero-order chi connectivity index (χ0) is 18.0. The van der Waals surface area contributed by atoms with Gasteiger partial charge in [-0.15, -0.1) is 10.2 Å². The second-order valence-electron chi connectivity index (χ2n) is 7.67. The molecule has 3 heteroatoms. The summed E-state index contributed by atoms with van der Waals surface area (Å²) in [5, 5.41) is 9.07. The Bertz CT molecular complexity index is 823. The predicted molar refractivity (Wildman–Crippen MR) is 106 cm³/mol. The van der Waals surface area contributed by atoms with Crippen LogP contribution < -0.4 is 0 Å². The highest BCUT2D eigenvalue weighted by molar-refractivity contribution is 5.76. The quantitative estimate of drug-likeness (QED) is 0.727. The Kier molecular flexibility index (Phi) is 4.76. The molecular formula is C22H27N3. The molecule has 1 heterocycles. The Morgan fingerprint density at radius 3 is 2.24 bits per heavy atom. The van der Waals surface area contributed by atoms with Crippen molar-refractivity contribution in [3.8, 4) is 0 Å². The van der Waals surface area contributed by atoms with Gasteiger partial charge in [-0.3, -0.25) is 0 Å². The molecule has 0 saturated heterocycles. The molecule has 0 aromatic carbocycles. The Morgan fingerprint density at radius 2 is 1.56 bits per heavy atom. The summed E-state index contributed by atoms with van der Waals surface area (Å²) in [4.78, 5) is 0. The SMILES string of the molecule is CC1C=CC=C(c2nnc(C3=CC=CC(C)(C)C=C3)n2C(C)C)C=C1. The minimum atomic E-state index is 0.0528. The second-order valence-corrected chi connectivity index (χ2v) is 7.67. The van der Waals surface area contributed by atoms with Crippen LogP contribution in [0.5, 0.6) is 0 Å². The summed E-state index contributed by atoms with van der Waals surface area (Å²) in [6.07, 6.45) is 21.6. The van der Waals surface area contributed by atoms with Crippen molar-refractivity contribution >= 4 is 11.1 Å². The van der Waals surface area contributed by atoms with E-state index >= 15 is 0 Å². The van der Waals surface area contributed by atoms with Gasteiger partial charge in [0, 0.05) is 22.6 Å². The molecule has 1 unspecified atom stereocenters. The van der Waals surface area contributed by atoms with Gasteiger partial charge in [0.05, 0.1) is 0 Å². The van der Waals surface area contributed by atoms with Gasteiger partial charge in [0.15, 0.2) is 11.6 Å². The molecular weight excluding hydrogens is 306 g/mol. The third-order valence-electron chi connectivity index (χ3n) is 4.49. The van der Waals surface area contributed by atoms with Crippen molar-refractivity contribution in [2.24, 2.45) is 11.3 Å². The van der Waals surface area contributed by atoms with Gasteiger partial charge >= 0.3 is 0 Å². The van der Waals surface area contributed by atoms with Gasteiger partial charge in [-0.1, -0.05) is 81.5 Å². The molecule has 0 amide bonds. The standard InChI is InChI=1S/C22H27N3/c1-16(2)25-20(18-9-6-8-17(3)11-12-18)23-24-21(25)19-10-7-14-22(4,5)15-13-19/h6-17H,1-5H3. The Labute approximate surface area is 150 Å². The normalized spacial score (nSPS) is 21.9. The van der Waals surface area contributed by atoms with Crippen molar-refractivity contribution in [2.75, 3.05) is 0 Å². The highest BCUT2D eigenvalue weighted by Gasteiger charge is 2.20. The molecule has 0 aliphatic heterocycles. The summed E-state index contributed by atoms with van der Waals surface area (Å²) in [6, 6.07) is 0.272. The molecule has 0 radical (unpaired) electrons. The van der Waals surface area contributed by atoms with Gasteiger partial charge in [0.25, 0.3) is 0 Å². The van der Waals surface area contributed by atoms with Crippen molar-refractivity contribution in [3.63, 3.8) is 0 Å². The van der Waals surface area contributed by atoms with Gasteiger partial charge in [0.1, 0.15) is 0 Å². The number of allylic oxidation sites excluding steroid dienone is 12. The zero-order valence-electron chi connectivity index (χ0n) is 15.8. The van der Waals surface area contributed by atoms with E-state index in [0.717, 1.165) is 22.8 Å². The van der Waals surface area contributed by atoms with Gasteiger partial charge in [0.2, 0.25) is 0 Å². The Hall–Kier alpha value is -2.42. The van der Waals surface area contributed by atoms with Crippen LogP contribution in [0.15, 0.2) is 60.8 Å². The van der Waals surface area contributed by atoms with Crippen LogP contribution in [0.1, 0.15) is 52.3 Å². The zero-order valence-corrected chi connectivity index (χ0v) is 15.8. The van der Waals surface area contributed by atoms with Crippen LogP contribution in [0.3, 0.4) is 0 Å². The maximum absolute atomic E-state index is 4.54. The summed E-state index contributed by atoms with van der Waals surface area (Å²) >= 11 is 0. The van der Waals surface area contributed by atoms with Crippen LogP contribution >= 0.6 is 0 Å². The molecule has 1 aromatic heterocycles. The number of hydrogen-bond donors (Lipinski definition) is 0. The fourth-order valence-corrected chi connectivity index (χ4v) is 3.00. The molecule has 3 rings (SSSR count). The van der Waals surface area contributed by atoms with Crippen LogP contribution in [0.25, 0.3) is 11.1 Å². The smallest absolute Gasteiger partial charge is 0.164 e. The summed E-state index contributed by atoms with van der Waals surface area (Å²) < 4.78 is 2.22. The van der Waals surface area contributed by atoms with E-state index in [1.165, 1.54) is 0 Å². The monoisotopic (exact) mass is 333 g/mol. The van der Waals surface area contributed by atoms with Gasteiger partial charge in [-0.2, -0.15) is 0 Å². The van der Waals surface area contributed by atoms with E-state index in [9.17, 15) is 0 Å².